The fraction of sp³-hybridized carbons (Fsp3) is 0.588. The van der Waals surface area contributed by atoms with Crippen LogP contribution in [0, 0.1) is 0 Å². The monoisotopic (exact) mass is 305 g/mol. The van der Waals surface area contributed by atoms with E-state index >= 15 is 0 Å². The first-order valence-corrected chi connectivity index (χ1v) is 7.74. The molecule has 2 fully saturated rings. The van der Waals surface area contributed by atoms with Gasteiger partial charge in [0.25, 0.3) is 5.91 Å². The van der Waals surface area contributed by atoms with Crippen molar-refractivity contribution in [1.29, 1.82) is 0 Å². The summed E-state index contributed by atoms with van der Waals surface area (Å²) in [5.74, 6) is 1.35. The molecule has 0 N–H and O–H groups in total. The van der Waals surface area contributed by atoms with Gasteiger partial charge in [-0.15, -0.1) is 0 Å². The van der Waals surface area contributed by atoms with E-state index in [0.29, 0.717) is 17.1 Å². The Morgan fingerprint density at radius 1 is 1.00 bits per heavy atom. The number of carbonyl (C=O) groups is 1. The van der Waals surface area contributed by atoms with Crippen molar-refractivity contribution in [3.8, 4) is 11.5 Å². The predicted octanol–water partition coefficient (Wildman–Crippen LogP) is 2.49. The molecule has 0 spiro atoms. The van der Waals surface area contributed by atoms with Gasteiger partial charge in [0.2, 0.25) is 0 Å². The molecule has 2 bridgehead atoms. The number of benzene rings is 1. The number of ether oxygens (including phenoxy) is 3. The lowest BCUT2D eigenvalue weighted by Crippen LogP contribution is -2.48. The highest BCUT2D eigenvalue weighted by Crippen LogP contribution is 2.38. The second-order valence-electron chi connectivity index (χ2n) is 6.03. The molecule has 0 saturated carbocycles. The first-order valence-electron chi connectivity index (χ1n) is 7.74. The molecular formula is C17H23NO4. The largest absolute Gasteiger partial charge is 0.497 e. The number of hydrogen-bond donors (Lipinski definition) is 0. The number of rotatable bonds is 4. The Bertz CT molecular complexity index is 523. The molecule has 2 aliphatic rings. The number of methoxy groups -OCH3 is 3. The molecule has 2 heterocycles. The summed E-state index contributed by atoms with van der Waals surface area (Å²) in [7, 11) is 4.95. The lowest BCUT2D eigenvalue weighted by molar-refractivity contribution is 0.00819. The maximum atomic E-state index is 13.0. The van der Waals surface area contributed by atoms with Crippen LogP contribution in [0.15, 0.2) is 18.2 Å². The molecule has 1 aromatic rings. The van der Waals surface area contributed by atoms with Crippen molar-refractivity contribution in [2.75, 3.05) is 21.3 Å². The Morgan fingerprint density at radius 2 is 1.55 bits per heavy atom. The molecule has 5 nitrogen and oxygen atoms in total. The first-order chi connectivity index (χ1) is 10.7. The van der Waals surface area contributed by atoms with Crippen molar-refractivity contribution < 1.29 is 19.0 Å². The van der Waals surface area contributed by atoms with Crippen LogP contribution in [0.2, 0.25) is 0 Å². The molecule has 5 heteroatoms. The standard InChI is InChI=1S/C17H23NO4/c1-20-14-6-11(7-15(10-14)21-2)17(19)18-12-4-5-13(18)9-16(8-12)22-3/h6-7,10,12-13,16H,4-5,8-9H2,1-3H3. The van der Waals surface area contributed by atoms with Crippen LogP contribution in [-0.2, 0) is 4.74 Å². The van der Waals surface area contributed by atoms with E-state index in [9.17, 15) is 4.79 Å². The SMILES string of the molecule is COc1cc(OC)cc(C(=O)N2C3CCC2CC(OC)C3)c1. The van der Waals surface area contributed by atoms with Crippen LogP contribution in [0.1, 0.15) is 36.0 Å². The minimum Gasteiger partial charge on any atom is -0.497 e. The molecule has 3 rings (SSSR count). The second kappa shape index (κ2) is 6.16. The second-order valence-corrected chi connectivity index (χ2v) is 6.03. The maximum absolute atomic E-state index is 13.0. The molecule has 2 saturated heterocycles. The van der Waals surface area contributed by atoms with Gasteiger partial charge in [-0.05, 0) is 37.8 Å². The van der Waals surface area contributed by atoms with E-state index in [0.717, 1.165) is 25.7 Å². The maximum Gasteiger partial charge on any atom is 0.254 e. The average molecular weight is 305 g/mol. The Morgan fingerprint density at radius 3 is 2.00 bits per heavy atom. The Labute approximate surface area is 131 Å². The lowest BCUT2D eigenvalue weighted by atomic mass is 9.98. The fourth-order valence-corrected chi connectivity index (χ4v) is 3.73. The summed E-state index contributed by atoms with van der Waals surface area (Å²) in [5.41, 5.74) is 0.629. The van der Waals surface area contributed by atoms with E-state index in [2.05, 4.69) is 0 Å². The smallest absolute Gasteiger partial charge is 0.254 e. The molecule has 2 unspecified atom stereocenters. The highest BCUT2D eigenvalue weighted by atomic mass is 16.5. The Kier molecular flexibility index (Phi) is 4.25. The van der Waals surface area contributed by atoms with Gasteiger partial charge in [-0.2, -0.15) is 0 Å². The van der Waals surface area contributed by atoms with Gasteiger partial charge in [0, 0.05) is 30.8 Å². The zero-order valence-corrected chi connectivity index (χ0v) is 13.4. The van der Waals surface area contributed by atoms with Gasteiger partial charge < -0.3 is 19.1 Å². The zero-order valence-electron chi connectivity index (χ0n) is 13.4. The minimum atomic E-state index is 0.0688. The third-order valence-electron chi connectivity index (χ3n) is 4.86. The van der Waals surface area contributed by atoms with Gasteiger partial charge in [-0.3, -0.25) is 4.79 Å². The molecule has 2 aliphatic heterocycles. The molecule has 1 aromatic carbocycles. The highest BCUT2D eigenvalue weighted by Gasteiger charge is 2.43. The normalized spacial score (nSPS) is 26.9. The van der Waals surface area contributed by atoms with Crippen LogP contribution in [0.25, 0.3) is 0 Å². The molecule has 1 amide bonds. The summed E-state index contributed by atoms with van der Waals surface area (Å²) in [6, 6.07) is 5.92. The number of fused-ring (bicyclic) bond motifs is 2. The van der Waals surface area contributed by atoms with Crippen molar-refractivity contribution in [2.24, 2.45) is 0 Å². The van der Waals surface area contributed by atoms with Gasteiger partial charge >= 0.3 is 0 Å². The van der Waals surface area contributed by atoms with Crippen LogP contribution in [0.3, 0.4) is 0 Å². The van der Waals surface area contributed by atoms with Crippen molar-refractivity contribution >= 4 is 5.91 Å². The zero-order chi connectivity index (χ0) is 15.7. The van der Waals surface area contributed by atoms with Crippen molar-refractivity contribution in [3.63, 3.8) is 0 Å². The molecule has 0 aromatic heterocycles. The lowest BCUT2D eigenvalue weighted by Gasteiger charge is -2.38. The number of amides is 1. The van der Waals surface area contributed by atoms with E-state index in [-0.39, 0.29) is 24.1 Å². The van der Waals surface area contributed by atoms with E-state index in [1.54, 1.807) is 39.5 Å². The Hall–Kier alpha value is -1.75. The van der Waals surface area contributed by atoms with Crippen LogP contribution < -0.4 is 9.47 Å². The molecule has 0 aliphatic carbocycles. The van der Waals surface area contributed by atoms with Crippen molar-refractivity contribution in [2.45, 2.75) is 43.9 Å². The number of nitrogens with zero attached hydrogens (tertiary/aromatic N) is 1. The third kappa shape index (κ3) is 2.65. The first kappa shape index (κ1) is 15.2. The summed E-state index contributed by atoms with van der Waals surface area (Å²) in [6.07, 6.45) is 4.27. The van der Waals surface area contributed by atoms with Crippen molar-refractivity contribution in [3.05, 3.63) is 23.8 Å². The van der Waals surface area contributed by atoms with Crippen molar-refractivity contribution in [1.82, 2.24) is 4.90 Å². The van der Waals surface area contributed by atoms with Gasteiger partial charge in [0.05, 0.1) is 20.3 Å². The van der Waals surface area contributed by atoms with E-state index in [1.165, 1.54) is 0 Å². The average Bonchev–Trinajstić information content (AvgIpc) is 2.83. The van der Waals surface area contributed by atoms with E-state index in [4.69, 9.17) is 14.2 Å². The molecule has 22 heavy (non-hydrogen) atoms. The van der Waals surface area contributed by atoms with Crippen LogP contribution >= 0.6 is 0 Å². The molecular weight excluding hydrogens is 282 g/mol. The van der Waals surface area contributed by atoms with Gasteiger partial charge in [0.1, 0.15) is 11.5 Å². The molecule has 0 radical (unpaired) electrons. The molecule has 2 atom stereocenters. The van der Waals surface area contributed by atoms with Gasteiger partial charge in [-0.1, -0.05) is 0 Å². The summed E-state index contributed by atoms with van der Waals surface area (Å²) in [5, 5.41) is 0. The number of piperidine rings is 1. The summed E-state index contributed by atoms with van der Waals surface area (Å²) in [4.78, 5) is 15.0. The van der Waals surface area contributed by atoms with Gasteiger partial charge in [-0.25, -0.2) is 0 Å². The van der Waals surface area contributed by atoms with E-state index in [1.807, 2.05) is 4.90 Å². The van der Waals surface area contributed by atoms with Crippen LogP contribution in [-0.4, -0.2) is 50.3 Å². The summed E-state index contributed by atoms with van der Waals surface area (Å²) < 4.78 is 16.0. The highest BCUT2D eigenvalue weighted by molar-refractivity contribution is 5.95. The quantitative estimate of drug-likeness (QED) is 0.857. The summed E-state index contributed by atoms with van der Waals surface area (Å²) in [6.45, 7) is 0. The minimum absolute atomic E-state index is 0.0688. The van der Waals surface area contributed by atoms with Gasteiger partial charge in [0.15, 0.2) is 0 Å². The van der Waals surface area contributed by atoms with E-state index < -0.39 is 0 Å². The molecule has 120 valence electrons. The third-order valence-corrected chi connectivity index (χ3v) is 4.86. The topological polar surface area (TPSA) is 48.0 Å². The van der Waals surface area contributed by atoms with Crippen LogP contribution in [0.5, 0.6) is 11.5 Å². The summed E-state index contributed by atoms with van der Waals surface area (Å²) >= 11 is 0. The number of carbonyl (C=O) groups excluding carboxylic acids is 1. The Balaban J connectivity index is 1.85. The predicted molar refractivity (Wildman–Crippen MR) is 82.6 cm³/mol. The number of hydrogen-bond acceptors (Lipinski definition) is 4. The fourth-order valence-electron chi connectivity index (χ4n) is 3.73. The van der Waals surface area contributed by atoms with Crippen LogP contribution in [0.4, 0.5) is 0 Å².